The van der Waals surface area contributed by atoms with Crippen LogP contribution in [0, 0.1) is 0 Å². The first-order valence-electron chi connectivity index (χ1n) is 7.21. The minimum Gasteiger partial charge on any atom is -0.325 e. The molecule has 0 aliphatic heterocycles. The zero-order valence-electron chi connectivity index (χ0n) is 12.5. The molecule has 1 N–H and O–H groups in total. The van der Waals surface area contributed by atoms with Gasteiger partial charge in [-0.1, -0.05) is 53.7 Å². The summed E-state index contributed by atoms with van der Waals surface area (Å²) in [6.45, 7) is 1.86. The number of hydrogen-bond acceptors (Lipinski definition) is 3. The Labute approximate surface area is 144 Å². The molecule has 0 bridgehead atoms. The molecule has 116 valence electrons. The molecule has 1 heterocycles. The fourth-order valence-corrected chi connectivity index (χ4v) is 3.17. The third kappa shape index (κ3) is 4.03. The summed E-state index contributed by atoms with van der Waals surface area (Å²) < 4.78 is 0. The van der Waals surface area contributed by atoms with Crippen molar-refractivity contribution < 1.29 is 4.79 Å². The molecule has 0 radical (unpaired) electrons. The highest BCUT2D eigenvalue weighted by Crippen LogP contribution is 2.25. The Morgan fingerprint density at radius 1 is 1.13 bits per heavy atom. The Morgan fingerprint density at radius 2 is 1.96 bits per heavy atom. The quantitative estimate of drug-likeness (QED) is 0.678. The molecule has 1 aromatic heterocycles. The van der Waals surface area contributed by atoms with E-state index in [2.05, 4.69) is 10.3 Å². The fraction of sp³-hybridized carbons (Fsp3) is 0.111. The van der Waals surface area contributed by atoms with Crippen LogP contribution < -0.4 is 5.32 Å². The van der Waals surface area contributed by atoms with Crippen molar-refractivity contribution in [3.05, 3.63) is 65.7 Å². The highest BCUT2D eigenvalue weighted by Gasteiger charge is 2.15. The van der Waals surface area contributed by atoms with Gasteiger partial charge in [0, 0.05) is 16.1 Å². The van der Waals surface area contributed by atoms with Crippen molar-refractivity contribution >= 4 is 45.9 Å². The van der Waals surface area contributed by atoms with Gasteiger partial charge in [0.05, 0.1) is 15.8 Å². The van der Waals surface area contributed by atoms with Gasteiger partial charge >= 0.3 is 0 Å². The number of hydrogen-bond donors (Lipinski definition) is 1. The zero-order chi connectivity index (χ0) is 16.2. The molecule has 3 aromatic rings. The Kier molecular flexibility index (Phi) is 4.84. The van der Waals surface area contributed by atoms with E-state index in [9.17, 15) is 4.79 Å². The van der Waals surface area contributed by atoms with Gasteiger partial charge in [-0.2, -0.15) is 0 Å². The van der Waals surface area contributed by atoms with Gasteiger partial charge < -0.3 is 5.32 Å². The number of carbonyl (C=O) groups excluding carboxylic acids is 1. The highest BCUT2D eigenvalue weighted by molar-refractivity contribution is 8.00. The molecule has 0 fully saturated rings. The topological polar surface area (TPSA) is 42.0 Å². The number of nitrogens with zero attached hydrogens (tertiary/aromatic N) is 1. The maximum absolute atomic E-state index is 12.3. The lowest BCUT2D eigenvalue weighted by atomic mass is 10.2. The summed E-state index contributed by atoms with van der Waals surface area (Å²) in [4.78, 5) is 16.9. The molecule has 2 aromatic carbocycles. The summed E-state index contributed by atoms with van der Waals surface area (Å²) in [5, 5.41) is 5.12. The van der Waals surface area contributed by atoms with Crippen LogP contribution >= 0.6 is 23.4 Å². The first-order valence-corrected chi connectivity index (χ1v) is 8.46. The van der Waals surface area contributed by atoms with Gasteiger partial charge in [-0.05, 0) is 37.3 Å². The normalized spacial score (nSPS) is 12.1. The predicted molar refractivity (Wildman–Crippen MR) is 97.1 cm³/mol. The van der Waals surface area contributed by atoms with Crippen molar-refractivity contribution in [1.29, 1.82) is 0 Å². The highest BCUT2D eigenvalue weighted by atomic mass is 35.5. The van der Waals surface area contributed by atoms with Crippen molar-refractivity contribution in [3.63, 3.8) is 0 Å². The number of thioether (sulfide) groups is 1. The van der Waals surface area contributed by atoms with Crippen LogP contribution in [0.5, 0.6) is 0 Å². The first kappa shape index (κ1) is 15.8. The molecule has 1 atom stereocenters. The van der Waals surface area contributed by atoms with E-state index in [0.717, 1.165) is 15.9 Å². The molecule has 0 aliphatic carbocycles. The monoisotopic (exact) mass is 342 g/mol. The van der Waals surface area contributed by atoms with Gasteiger partial charge in [0.15, 0.2) is 0 Å². The van der Waals surface area contributed by atoms with Gasteiger partial charge in [0.2, 0.25) is 5.91 Å². The molecule has 0 spiro atoms. The van der Waals surface area contributed by atoms with Crippen LogP contribution in [0.25, 0.3) is 10.9 Å². The van der Waals surface area contributed by atoms with Gasteiger partial charge in [-0.25, -0.2) is 4.98 Å². The van der Waals surface area contributed by atoms with Crippen LogP contribution in [-0.4, -0.2) is 16.1 Å². The van der Waals surface area contributed by atoms with Gasteiger partial charge in [0.25, 0.3) is 0 Å². The summed E-state index contributed by atoms with van der Waals surface area (Å²) >= 11 is 7.36. The van der Waals surface area contributed by atoms with E-state index >= 15 is 0 Å². The zero-order valence-corrected chi connectivity index (χ0v) is 14.1. The average Bonchev–Trinajstić information content (AvgIpc) is 2.54. The third-order valence-electron chi connectivity index (χ3n) is 3.33. The van der Waals surface area contributed by atoms with Crippen molar-refractivity contribution in [1.82, 2.24) is 4.98 Å². The van der Waals surface area contributed by atoms with Crippen molar-refractivity contribution in [3.8, 4) is 0 Å². The number of rotatable bonds is 4. The van der Waals surface area contributed by atoms with Crippen LogP contribution in [0.2, 0.25) is 5.02 Å². The van der Waals surface area contributed by atoms with Gasteiger partial charge in [-0.3, -0.25) is 4.79 Å². The van der Waals surface area contributed by atoms with Crippen LogP contribution in [0.1, 0.15) is 6.92 Å². The smallest absolute Gasteiger partial charge is 0.237 e. The minimum atomic E-state index is -0.261. The number of halogens is 1. The Hall–Kier alpha value is -2.04. The molecule has 5 heteroatoms. The maximum Gasteiger partial charge on any atom is 0.237 e. The largest absolute Gasteiger partial charge is 0.325 e. The van der Waals surface area contributed by atoms with Crippen LogP contribution in [-0.2, 0) is 4.79 Å². The van der Waals surface area contributed by atoms with E-state index in [1.54, 1.807) is 18.2 Å². The minimum absolute atomic E-state index is 0.0766. The van der Waals surface area contributed by atoms with E-state index in [1.807, 2.05) is 49.4 Å². The van der Waals surface area contributed by atoms with E-state index in [0.29, 0.717) is 10.7 Å². The summed E-state index contributed by atoms with van der Waals surface area (Å²) in [7, 11) is 0. The Balaban J connectivity index is 1.69. The molecule has 3 nitrogen and oxygen atoms in total. The Morgan fingerprint density at radius 3 is 2.78 bits per heavy atom. The standard InChI is InChI=1S/C18H15ClN2OS/c1-12(18(22)20-15-7-4-6-14(19)11-15)23-17-10-9-13-5-2-3-8-16(13)21-17/h2-12H,1H3,(H,20,22). The second-order valence-electron chi connectivity index (χ2n) is 5.10. The number of aromatic nitrogens is 1. The van der Waals surface area contributed by atoms with Crippen molar-refractivity contribution in [2.45, 2.75) is 17.2 Å². The summed E-state index contributed by atoms with van der Waals surface area (Å²) in [5.41, 5.74) is 1.63. The summed E-state index contributed by atoms with van der Waals surface area (Å²) in [5.74, 6) is -0.0766. The number of benzene rings is 2. The lowest BCUT2D eigenvalue weighted by molar-refractivity contribution is -0.115. The van der Waals surface area contributed by atoms with E-state index in [4.69, 9.17) is 11.6 Å². The molecule has 0 saturated carbocycles. The maximum atomic E-state index is 12.3. The molecule has 0 saturated heterocycles. The molecule has 3 rings (SSSR count). The fourth-order valence-electron chi connectivity index (χ4n) is 2.16. The van der Waals surface area contributed by atoms with E-state index < -0.39 is 0 Å². The second kappa shape index (κ2) is 7.02. The second-order valence-corrected chi connectivity index (χ2v) is 6.90. The number of amides is 1. The van der Waals surface area contributed by atoms with Crippen molar-refractivity contribution in [2.75, 3.05) is 5.32 Å². The SMILES string of the molecule is CC(Sc1ccc2ccccc2n1)C(=O)Nc1cccc(Cl)c1. The number of pyridine rings is 1. The van der Waals surface area contributed by atoms with E-state index in [-0.39, 0.29) is 11.2 Å². The van der Waals surface area contributed by atoms with Crippen molar-refractivity contribution in [2.24, 2.45) is 0 Å². The summed E-state index contributed by atoms with van der Waals surface area (Å²) in [6.07, 6.45) is 0. The van der Waals surface area contributed by atoms with Gasteiger partial charge in [0.1, 0.15) is 0 Å². The lowest BCUT2D eigenvalue weighted by Crippen LogP contribution is -2.22. The molecular formula is C18H15ClN2OS. The first-order chi connectivity index (χ1) is 11.1. The third-order valence-corrected chi connectivity index (χ3v) is 4.60. The molecule has 23 heavy (non-hydrogen) atoms. The molecule has 0 aliphatic rings. The number of anilines is 1. The van der Waals surface area contributed by atoms with Crippen LogP contribution in [0.3, 0.4) is 0 Å². The summed E-state index contributed by atoms with van der Waals surface area (Å²) in [6, 6.07) is 19.0. The molecular weight excluding hydrogens is 328 g/mol. The molecule has 1 amide bonds. The number of fused-ring (bicyclic) bond motifs is 1. The molecule has 1 unspecified atom stereocenters. The average molecular weight is 343 g/mol. The van der Waals surface area contributed by atoms with Crippen LogP contribution in [0.15, 0.2) is 65.7 Å². The number of carbonyl (C=O) groups is 1. The van der Waals surface area contributed by atoms with Crippen LogP contribution in [0.4, 0.5) is 5.69 Å². The van der Waals surface area contributed by atoms with E-state index in [1.165, 1.54) is 11.8 Å². The lowest BCUT2D eigenvalue weighted by Gasteiger charge is -2.12. The number of para-hydroxylation sites is 1. The number of nitrogens with one attached hydrogen (secondary N) is 1. The predicted octanol–water partition coefficient (Wildman–Crippen LogP) is 5.01. The van der Waals surface area contributed by atoms with Gasteiger partial charge in [-0.15, -0.1) is 0 Å². The Bertz CT molecular complexity index is 853.